The molecule has 140 valence electrons. The number of H-pyrrole nitrogens is 1. The van der Waals surface area contributed by atoms with Crippen LogP contribution in [0.5, 0.6) is 11.5 Å². The average molecular weight is 364 g/mol. The Morgan fingerprint density at radius 2 is 1.96 bits per heavy atom. The lowest BCUT2D eigenvalue weighted by molar-refractivity contribution is -0.121. The molecule has 5 heteroatoms. The SMILES string of the molecule is CC(CC(=O)NCCc1c[nH]c2ccccc12)c1ccc2c(c1)OCCO2. The maximum atomic E-state index is 12.3. The summed E-state index contributed by atoms with van der Waals surface area (Å²) in [5.74, 6) is 1.73. The van der Waals surface area contributed by atoms with Crippen LogP contribution in [0.15, 0.2) is 48.7 Å². The number of nitrogens with one attached hydrogen (secondary N) is 2. The molecular formula is C22H24N2O3. The van der Waals surface area contributed by atoms with Gasteiger partial charge in [0.25, 0.3) is 0 Å². The molecule has 1 aliphatic heterocycles. The molecule has 2 heterocycles. The molecule has 3 aromatic rings. The third kappa shape index (κ3) is 3.92. The summed E-state index contributed by atoms with van der Waals surface area (Å²) in [6, 6.07) is 14.1. The predicted octanol–water partition coefficient (Wildman–Crippen LogP) is 3.79. The Morgan fingerprint density at radius 3 is 2.85 bits per heavy atom. The van der Waals surface area contributed by atoms with Crippen molar-refractivity contribution in [1.29, 1.82) is 0 Å². The summed E-state index contributed by atoms with van der Waals surface area (Å²) >= 11 is 0. The van der Waals surface area contributed by atoms with Crippen molar-refractivity contribution in [1.82, 2.24) is 10.3 Å². The summed E-state index contributed by atoms with van der Waals surface area (Å²) < 4.78 is 11.2. The lowest BCUT2D eigenvalue weighted by Gasteiger charge is -2.20. The van der Waals surface area contributed by atoms with E-state index in [-0.39, 0.29) is 11.8 Å². The number of fused-ring (bicyclic) bond motifs is 2. The number of carbonyl (C=O) groups is 1. The highest BCUT2D eigenvalue weighted by molar-refractivity contribution is 5.83. The minimum absolute atomic E-state index is 0.0669. The van der Waals surface area contributed by atoms with Crippen LogP contribution in [0.4, 0.5) is 0 Å². The predicted molar refractivity (Wildman–Crippen MR) is 105 cm³/mol. The van der Waals surface area contributed by atoms with Crippen LogP contribution in [0.25, 0.3) is 10.9 Å². The van der Waals surface area contributed by atoms with Crippen LogP contribution in [-0.2, 0) is 11.2 Å². The Kier molecular flexibility index (Phi) is 5.01. The van der Waals surface area contributed by atoms with Gasteiger partial charge in [-0.15, -0.1) is 0 Å². The standard InChI is InChI=1S/C22H24N2O3/c1-15(16-6-7-20-21(13-16)27-11-10-26-20)12-22(25)23-9-8-17-14-24-19-5-3-2-4-18(17)19/h2-7,13-15,24H,8-12H2,1H3,(H,23,25). The van der Waals surface area contributed by atoms with Gasteiger partial charge in [0, 0.05) is 30.1 Å². The van der Waals surface area contributed by atoms with Gasteiger partial charge in [-0.05, 0) is 41.7 Å². The fourth-order valence-electron chi connectivity index (χ4n) is 3.51. The van der Waals surface area contributed by atoms with Gasteiger partial charge in [0.1, 0.15) is 13.2 Å². The number of aromatic amines is 1. The molecular weight excluding hydrogens is 340 g/mol. The lowest BCUT2D eigenvalue weighted by atomic mass is 9.97. The van der Waals surface area contributed by atoms with Crippen molar-refractivity contribution in [2.45, 2.75) is 25.7 Å². The van der Waals surface area contributed by atoms with Crippen molar-refractivity contribution in [3.63, 3.8) is 0 Å². The molecule has 0 bridgehead atoms. The number of benzene rings is 2. The zero-order valence-corrected chi connectivity index (χ0v) is 15.5. The summed E-state index contributed by atoms with van der Waals surface area (Å²) in [6.07, 6.45) is 3.29. The summed E-state index contributed by atoms with van der Waals surface area (Å²) in [7, 11) is 0. The first-order chi connectivity index (χ1) is 13.2. The molecule has 0 aliphatic carbocycles. The van der Waals surface area contributed by atoms with Crippen LogP contribution in [-0.4, -0.2) is 30.6 Å². The average Bonchev–Trinajstić information content (AvgIpc) is 3.11. The summed E-state index contributed by atoms with van der Waals surface area (Å²) in [5.41, 5.74) is 3.45. The van der Waals surface area contributed by atoms with Gasteiger partial charge in [0.2, 0.25) is 5.91 Å². The summed E-state index contributed by atoms with van der Waals surface area (Å²) in [6.45, 7) is 3.85. The third-order valence-corrected chi connectivity index (χ3v) is 5.02. The molecule has 5 nitrogen and oxygen atoms in total. The number of ether oxygens (including phenoxy) is 2. The quantitative estimate of drug-likeness (QED) is 0.699. The third-order valence-electron chi connectivity index (χ3n) is 5.02. The second kappa shape index (κ2) is 7.74. The minimum Gasteiger partial charge on any atom is -0.486 e. The highest BCUT2D eigenvalue weighted by Crippen LogP contribution is 2.33. The number of hydrogen-bond acceptors (Lipinski definition) is 3. The van der Waals surface area contributed by atoms with Crippen LogP contribution in [0.3, 0.4) is 0 Å². The molecule has 2 N–H and O–H groups in total. The van der Waals surface area contributed by atoms with E-state index in [1.165, 1.54) is 10.9 Å². The largest absolute Gasteiger partial charge is 0.486 e. The van der Waals surface area contributed by atoms with Gasteiger partial charge in [-0.3, -0.25) is 4.79 Å². The second-order valence-electron chi connectivity index (χ2n) is 6.97. The molecule has 2 aromatic carbocycles. The van der Waals surface area contributed by atoms with Gasteiger partial charge in [-0.2, -0.15) is 0 Å². The van der Waals surface area contributed by atoms with Crippen LogP contribution >= 0.6 is 0 Å². The van der Waals surface area contributed by atoms with Crippen LogP contribution < -0.4 is 14.8 Å². The topological polar surface area (TPSA) is 63.4 Å². The number of para-hydroxylation sites is 1. The Labute approximate surface area is 158 Å². The molecule has 27 heavy (non-hydrogen) atoms. The van der Waals surface area contributed by atoms with Crippen LogP contribution in [0.1, 0.15) is 30.4 Å². The van der Waals surface area contributed by atoms with E-state index < -0.39 is 0 Å². The van der Waals surface area contributed by atoms with E-state index in [1.807, 2.05) is 36.5 Å². The number of hydrogen-bond donors (Lipinski definition) is 2. The van der Waals surface area contributed by atoms with Gasteiger partial charge < -0.3 is 19.8 Å². The van der Waals surface area contributed by atoms with E-state index in [1.54, 1.807) is 0 Å². The van der Waals surface area contributed by atoms with Gasteiger partial charge in [0.05, 0.1) is 0 Å². The first kappa shape index (κ1) is 17.5. The van der Waals surface area contributed by atoms with E-state index in [2.05, 4.69) is 29.4 Å². The van der Waals surface area contributed by atoms with Crippen molar-refractivity contribution in [3.05, 3.63) is 59.8 Å². The van der Waals surface area contributed by atoms with E-state index in [0.29, 0.717) is 26.2 Å². The normalized spacial score (nSPS) is 14.1. The fourth-order valence-corrected chi connectivity index (χ4v) is 3.51. The molecule has 1 atom stereocenters. The molecule has 0 radical (unpaired) electrons. The Balaban J connectivity index is 1.30. The van der Waals surface area contributed by atoms with Crippen LogP contribution in [0, 0.1) is 0 Å². The minimum atomic E-state index is 0.0669. The van der Waals surface area contributed by atoms with Crippen molar-refractivity contribution >= 4 is 16.8 Å². The van der Waals surface area contributed by atoms with E-state index in [0.717, 1.165) is 29.0 Å². The monoisotopic (exact) mass is 364 g/mol. The Bertz CT molecular complexity index is 948. The smallest absolute Gasteiger partial charge is 0.220 e. The molecule has 0 fully saturated rings. The van der Waals surface area contributed by atoms with E-state index in [4.69, 9.17) is 9.47 Å². The van der Waals surface area contributed by atoms with E-state index in [9.17, 15) is 4.79 Å². The first-order valence-corrected chi connectivity index (χ1v) is 9.42. The van der Waals surface area contributed by atoms with Gasteiger partial charge in [-0.1, -0.05) is 31.2 Å². The maximum Gasteiger partial charge on any atom is 0.220 e. The zero-order chi connectivity index (χ0) is 18.6. The molecule has 0 saturated carbocycles. The van der Waals surface area contributed by atoms with Crippen molar-refractivity contribution in [3.8, 4) is 11.5 Å². The molecule has 1 amide bonds. The fraction of sp³-hybridized carbons (Fsp3) is 0.318. The number of amides is 1. The molecule has 1 unspecified atom stereocenters. The van der Waals surface area contributed by atoms with Gasteiger partial charge in [-0.25, -0.2) is 0 Å². The highest BCUT2D eigenvalue weighted by Gasteiger charge is 2.16. The lowest BCUT2D eigenvalue weighted by Crippen LogP contribution is -2.26. The molecule has 1 aromatic heterocycles. The number of aromatic nitrogens is 1. The number of rotatable bonds is 6. The molecule has 4 rings (SSSR count). The second-order valence-corrected chi connectivity index (χ2v) is 6.97. The Hall–Kier alpha value is -2.95. The van der Waals surface area contributed by atoms with Crippen molar-refractivity contribution in [2.75, 3.05) is 19.8 Å². The molecule has 1 aliphatic rings. The Morgan fingerprint density at radius 1 is 1.15 bits per heavy atom. The highest BCUT2D eigenvalue weighted by atomic mass is 16.6. The zero-order valence-electron chi connectivity index (χ0n) is 15.5. The molecule has 0 spiro atoms. The first-order valence-electron chi connectivity index (χ1n) is 9.42. The van der Waals surface area contributed by atoms with Gasteiger partial charge in [0.15, 0.2) is 11.5 Å². The maximum absolute atomic E-state index is 12.3. The van der Waals surface area contributed by atoms with Crippen LogP contribution in [0.2, 0.25) is 0 Å². The summed E-state index contributed by atoms with van der Waals surface area (Å²) in [4.78, 5) is 15.6. The summed E-state index contributed by atoms with van der Waals surface area (Å²) in [5, 5.41) is 4.26. The number of carbonyl (C=O) groups excluding carboxylic acids is 1. The van der Waals surface area contributed by atoms with Crippen molar-refractivity contribution < 1.29 is 14.3 Å². The molecule has 0 saturated heterocycles. The van der Waals surface area contributed by atoms with Gasteiger partial charge >= 0.3 is 0 Å². The van der Waals surface area contributed by atoms with Crippen molar-refractivity contribution in [2.24, 2.45) is 0 Å². The van der Waals surface area contributed by atoms with E-state index >= 15 is 0 Å².